The van der Waals surface area contributed by atoms with Crippen molar-refractivity contribution in [2.45, 2.75) is 12.8 Å². The molecule has 1 rings (SSSR count). The minimum absolute atomic E-state index is 0.565. The van der Waals surface area contributed by atoms with Crippen LogP contribution in [0.5, 0.6) is 0 Å². The van der Waals surface area contributed by atoms with Crippen molar-refractivity contribution >= 4 is 50.7 Å². The van der Waals surface area contributed by atoms with Crippen LogP contribution in [0, 0.1) is 0 Å². The Kier molecular flexibility index (Phi) is 4.88. The van der Waals surface area contributed by atoms with Gasteiger partial charge < -0.3 is 0 Å². The lowest BCUT2D eigenvalue weighted by Crippen LogP contribution is -1.89. The summed E-state index contributed by atoms with van der Waals surface area (Å²) in [5.74, 6) is 0. The van der Waals surface area contributed by atoms with Crippen LogP contribution in [-0.4, -0.2) is 5.33 Å². The lowest BCUT2D eigenvalue weighted by atomic mass is 10.1. The minimum atomic E-state index is 0.565. The van der Waals surface area contributed by atoms with E-state index < -0.39 is 0 Å². The summed E-state index contributed by atoms with van der Waals surface area (Å²) in [5, 5.41) is 2.77. The molecule has 0 saturated heterocycles. The van der Waals surface area contributed by atoms with Crippen molar-refractivity contribution < 1.29 is 0 Å². The molecule has 0 fully saturated rings. The topological polar surface area (TPSA) is 0 Å². The zero-order chi connectivity index (χ0) is 9.84. The van der Waals surface area contributed by atoms with Crippen LogP contribution in [-0.2, 0) is 6.42 Å². The number of benzene rings is 1. The second-order valence-corrected chi connectivity index (χ2v) is 4.60. The molecule has 0 aliphatic carbocycles. The number of hydrogen-bond acceptors (Lipinski definition) is 0. The van der Waals surface area contributed by atoms with Gasteiger partial charge in [-0.3, -0.25) is 0 Å². The molecule has 1 aromatic carbocycles. The highest BCUT2D eigenvalue weighted by molar-refractivity contribution is 9.09. The molecule has 0 heterocycles. The zero-order valence-corrected chi connectivity index (χ0v) is 10.6. The van der Waals surface area contributed by atoms with Gasteiger partial charge in [-0.1, -0.05) is 50.7 Å². The summed E-state index contributed by atoms with van der Waals surface area (Å²) in [4.78, 5) is 0. The van der Waals surface area contributed by atoms with E-state index >= 15 is 0 Å². The lowest BCUT2D eigenvalue weighted by Gasteiger charge is -2.06. The van der Waals surface area contributed by atoms with Gasteiger partial charge in [-0.2, -0.15) is 0 Å². The molecule has 0 atom stereocenters. The zero-order valence-electron chi connectivity index (χ0n) is 6.79. The molecule has 0 saturated carbocycles. The Morgan fingerprint density at radius 2 is 1.69 bits per heavy atom. The van der Waals surface area contributed by atoms with E-state index in [1.807, 2.05) is 0 Å². The maximum absolute atomic E-state index is 6.00. The Bertz CT molecular complexity index is 299. The molecular weight excluding hydrogens is 294 g/mol. The van der Waals surface area contributed by atoms with Crippen molar-refractivity contribution in [3.8, 4) is 0 Å². The molecule has 4 heteroatoms. The Morgan fingerprint density at radius 3 is 2.31 bits per heavy atom. The van der Waals surface area contributed by atoms with E-state index in [1.165, 1.54) is 0 Å². The molecule has 0 aliphatic rings. The lowest BCUT2D eigenvalue weighted by molar-refractivity contribution is 0.940. The highest BCUT2D eigenvalue weighted by Crippen LogP contribution is 2.32. The molecule has 0 unspecified atom stereocenters. The highest BCUT2D eigenvalue weighted by Gasteiger charge is 2.08. The fraction of sp³-hybridized carbons (Fsp3) is 0.333. The summed E-state index contributed by atoms with van der Waals surface area (Å²) in [6.45, 7) is 0. The van der Waals surface area contributed by atoms with Gasteiger partial charge in [-0.15, -0.1) is 0 Å². The minimum Gasteiger partial charge on any atom is -0.0928 e. The van der Waals surface area contributed by atoms with Crippen molar-refractivity contribution in [3.05, 3.63) is 32.8 Å². The molecule has 0 amide bonds. The first-order chi connectivity index (χ1) is 6.16. The van der Waals surface area contributed by atoms with Crippen molar-refractivity contribution in [2.75, 3.05) is 5.33 Å². The normalized spacial score (nSPS) is 10.5. The molecule has 13 heavy (non-hydrogen) atoms. The van der Waals surface area contributed by atoms with Gasteiger partial charge in [0.05, 0.1) is 10.0 Å². The predicted molar refractivity (Wildman–Crippen MR) is 63.6 cm³/mol. The van der Waals surface area contributed by atoms with Gasteiger partial charge in [0, 0.05) is 10.4 Å². The van der Waals surface area contributed by atoms with Crippen molar-refractivity contribution in [1.82, 2.24) is 0 Å². The van der Waals surface area contributed by atoms with Crippen LogP contribution in [0.1, 0.15) is 12.0 Å². The number of hydrogen-bond donors (Lipinski definition) is 0. The first-order valence-electron chi connectivity index (χ1n) is 3.85. The van der Waals surface area contributed by atoms with E-state index in [9.17, 15) is 0 Å². The molecule has 0 aromatic heterocycles. The fourth-order valence-corrected chi connectivity index (χ4v) is 2.06. The molecule has 0 nitrogen and oxygen atoms in total. The molecule has 0 aliphatic heterocycles. The quantitative estimate of drug-likeness (QED) is 0.546. The SMILES string of the molecule is Clc1ccc(Cl)c(CCCBr)c1Cl. The monoisotopic (exact) mass is 300 g/mol. The van der Waals surface area contributed by atoms with E-state index in [-0.39, 0.29) is 0 Å². The van der Waals surface area contributed by atoms with Crippen molar-refractivity contribution in [2.24, 2.45) is 0 Å². The molecular formula is C9H8BrCl3. The van der Waals surface area contributed by atoms with Gasteiger partial charge in [0.1, 0.15) is 0 Å². The predicted octanol–water partition coefficient (Wildman–Crippen LogP) is 4.97. The first-order valence-corrected chi connectivity index (χ1v) is 6.10. The van der Waals surface area contributed by atoms with Gasteiger partial charge in [-0.05, 0) is 30.5 Å². The third-order valence-electron chi connectivity index (χ3n) is 1.70. The van der Waals surface area contributed by atoms with Crippen molar-refractivity contribution in [3.63, 3.8) is 0 Å². The van der Waals surface area contributed by atoms with E-state index in [2.05, 4.69) is 15.9 Å². The van der Waals surface area contributed by atoms with Gasteiger partial charge in [0.25, 0.3) is 0 Å². The van der Waals surface area contributed by atoms with E-state index in [0.717, 1.165) is 23.7 Å². The van der Waals surface area contributed by atoms with Crippen LogP contribution in [0.4, 0.5) is 0 Å². The summed E-state index contributed by atoms with van der Waals surface area (Å²) in [7, 11) is 0. The third kappa shape index (κ3) is 3.02. The smallest absolute Gasteiger partial charge is 0.0639 e. The van der Waals surface area contributed by atoms with Crippen LogP contribution in [0.2, 0.25) is 15.1 Å². The summed E-state index contributed by atoms with van der Waals surface area (Å²) in [6, 6.07) is 3.49. The van der Waals surface area contributed by atoms with Crippen molar-refractivity contribution in [1.29, 1.82) is 0 Å². The van der Waals surface area contributed by atoms with Crippen LogP contribution < -0.4 is 0 Å². The third-order valence-corrected chi connectivity index (χ3v) is 3.46. The molecule has 0 bridgehead atoms. The van der Waals surface area contributed by atoms with Gasteiger partial charge in [-0.25, -0.2) is 0 Å². The molecule has 1 aromatic rings. The van der Waals surface area contributed by atoms with Crippen LogP contribution >= 0.6 is 50.7 Å². The highest BCUT2D eigenvalue weighted by atomic mass is 79.9. The average Bonchev–Trinajstić information content (AvgIpc) is 2.12. The molecule has 72 valence electrons. The molecule has 0 spiro atoms. The average molecular weight is 302 g/mol. The number of alkyl halides is 1. The Balaban J connectivity index is 2.96. The summed E-state index contributed by atoms with van der Waals surface area (Å²) < 4.78 is 0. The largest absolute Gasteiger partial charge is 0.0928 e. The summed E-state index contributed by atoms with van der Waals surface area (Å²) >= 11 is 21.2. The summed E-state index contributed by atoms with van der Waals surface area (Å²) in [6.07, 6.45) is 1.85. The second kappa shape index (κ2) is 5.45. The van der Waals surface area contributed by atoms with Gasteiger partial charge >= 0.3 is 0 Å². The maximum atomic E-state index is 6.00. The first kappa shape index (κ1) is 11.6. The Labute approximate surface area is 101 Å². The Hall–Kier alpha value is 0.570. The van der Waals surface area contributed by atoms with Crippen LogP contribution in [0.15, 0.2) is 12.1 Å². The second-order valence-electron chi connectivity index (χ2n) is 2.61. The number of halogens is 4. The van der Waals surface area contributed by atoms with Gasteiger partial charge in [0.2, 0.25) is 0 Å². The molecule has 0 radical (unpaired) electrons. The molecule has 0 N–H and O–H groups in total. The van der Waals surface area contributed by atoms with Crippen LogP contribution in [0.3, 0.4) is 0 Å². The van der Waals surface area contributed by atoms with Crippen LogP contribution in [0.25, 0.3) is 0 Å². The van der Waals surface area contributed by atoms with Gasteiger partial charge in [0.15, 0.2) is 0 Å². The standard InChI is InChI=1S/C9H8BrCl3/c10-5-1-2-6-7(11)3-4-8(12)9(6)13/h3-4H,1-2,5H2. The van der Waals surface area contributed by atoms with E-state index in [4.69, 9.17) is 34.8 Å². The van der Waals surface area contributed by atoms with E-state index in [1.54, 1.807) is 12.1 Å². The van der Waals surface area contributed by atoms with E-state index in [0.29, 0.717) is 15.1 Å². The Morgan fingerprint density at radius 1 is 1.08 bits per heavy atom. The fourth-order valence-electron chi connectivity index (χ4n) is 1.04. The summed E-state index contributed by atoms with van der Waals surface area (Å²) in [5.41, 5.74) is 0.940. The maximum Gasteiger partial charge on any atom is 0.0639 e. The number of rotatable bonds is 3.